The second-order valence-corrected chi connectivity index (χ2v) is 7.51. The first-order chi connectivity index (χ1) is 15.2. The van der Waals surface area contributed by atoms with Gasteiger partial charge in [0.2, 0.25) is 5.91 Å². The zero-order valence-electron chi connectivity index (χ0n) is 19.6. The molecule has 0 spiro atoms. The maximum Gasteiger partial charge on any atom is 0.303 e. The predicted octanol–water partition coefficient (Wildman–Crippen LogP) is 2.90. The molecule has 0 bridgehead atoms. The van der Waals surface area contributed by atoms with Crippen LogP contribution in [0.25, 0.3) is 0 Å². The molecular weight excluding hydrogens is 436 g/mol. The van der Waals surface area contributed by atoms with E-state index in [4.69, 9.17) is 5.11 Å². The van der Waals surface area contributed by atoms with Gasteiger partial charge in [-0.2, -0.15) is 5.10 Å². The lowest BCUT2D eigenvalue weighted by Gasteiger charge is -2.13. The van der Waals surface area contributed by atoms with Gasteiger partial charge in [-0.25, -0.2) is 5.43 Å². The van der Waals surface area contributed by atoms with Crippen molar-refractivity contribution in [3.63, 3.8) is 0 Å². The molecule has 2 aromatic carbocycles. The number of carboxylic acid groups (broad SMARTS) is 1. The van der Waals surface area contributed by atoms with Crippen LogP contribution in [0.5, 0.6) is 0 Å². The van der Waals surface area contributed by atoms with Gasteiger partial charge in [0, 0.05) is 24.8 Å². The van der Waals surface area contributed by atoms with Gasteiger partial charge in [0.05, 0.1) is 12.1 Å². The summed E-state index contributed by atoms with van der Waals surface area (Å²) < 4.78 is 0. The van der Waals surface area contributed by atoms with Gasteiger partial charge >= 0.3 is 5.97 Å². The Hall–Kier alpha value is -3.40. The maximum atomic E-state index is 11.5. The summed E-state index contributed by atoms with van der Waals surface area (Å²) in [5.41, 5.74) is 9.90. The van der Waals surface area contributed by atoms with E-state index in [2.05, 4.69) is 54.3 Å². The van der Waals surface area contributed by atoms with Crippen LogP contribution < -0.4 is 17.1 Å². The van der Waals surface area contributed by atoms with E-state index < -0.39 is 5.97 Å². The Kier molecular flexibility index (Phi) is 15.7. The number of carbonyl (C=O) groups excluding carboxylic acids is 2. The Morgan fingerprint density at radius 2 is 1.47 bits per heavy atom. The third-order valence-electron chi connectivity index (χ3n) is 5.14. The molecule has 34 heavy (non-hydrogen) atoms. The van der Waals surface area contributed by atoms with Crippen molar-refractivity contribution >= 4 is 23.4 Å². The van der Waals surface area contributed by atoms with Crippen LogP contribution in [0.15, 0.2) is 41.5 Å². The quantitative estimate of drug-likeness (QED) is 0.294. The van der Waals surface area contributed by atoms with Crippen molar-refractivity contribution in [2.24, 2.45) is 16.8 Å². The molecule has 0 aromatic heterocycles. The van der Waals surface area contributed by atoms with E-state index in [0.717, 1.165) is 28.8 Å². The topological polar surface area (TPSA) is 179 Å². The summed E-state index contributed by atoms with van der Waals surface area (Å²) in [6, 6.07) is 11.7. The fourth-order valence-corrected chi connectivity index (χ4v) is 2.88. The van der Waals surface area contributed by atoms with Crippen molar-refractivity contribution in [1.82, 2.24) is 5.43 Å². The average Bonchev–Trinajstić information content (AvgIpc) is 2.78. The van der Waals surface area contributed by atoms with Crippen LogP contribution in [0.4, 0.5) is 0 Å². The molecule has 1 amide bonds. The van der Waals surface area contributed by atoms with Crippen molar-refractivity contribution in [3.8, 4) is 0 Å². The second kappa shape index (κ2) is 16.2. The lowest BCUT2D eigenvalue weighted by molar-refractivity contribution is -0.137. The molecule has 2 aromatic rings. The Morgan fingerprint density at radius 3 is 1.94 bits per heavy atom. The molecule has 0 saturated carbocycles. The van der Waals surface area contributed by atoms with E-state index in [9.17, 15) is 14.4 Å². The summed E-state index contributed by atoms with van der Waals surface area (Å²) in [7, 11) is 0. The number of nitrogens with one attached hydrogen (secondary N) is 1. The van der Waals surface area contributed by atoms with Crippen LogP contribution in [0.3, 0.4) is 0 Å². The van der Waals surface area contributed by atoms with Crippen LogP contribution in [-0.4, -0.2) is 34.0 Å². The minimum Gasteiger partial charge on any atom is -0.481 e. The molecule has 3 rings (SSSR count). The van der Waals surface area contributed by atoms with E-state index in [0.29, 0.717) is 12.0 Å². The zero-order chi connectivity index (χ0) is 24.3. The molecule has 0 atom stereocenters. The van der Waals surface area contributed by atoms with Gasteiger partial charge in [0.1, 0.15) is 0 Å². The van der Waals surface area contributed by atoms with E-state index in [1.165, 1.54) is 11.1 Å². The summed E-state index contributed by atoms with van der Waals surface area (Å²) in [6.07, 6.45) is 1.23. The SMILES string of the molecule is C.Cc1ccc(C(=O)CCC(=O)O)cc1C.Cc1ccc(C2=NNC(=O)CC2)cc1C.NN.O. The Labute approximate surface area is 201 Å². The molecule has 0 unspecified atom stereocenters. The van der Waals surface area contributed by atoms with Crippen molar-refractivity contribution in [2.75, 3.05) is 0 Å². The van der Waals surface area contributed by atoms with Gasteiger partial charge in [-0.15, -0.1) is 0 Å². The van der Waals surface area contributed by atoms with Gasteiger partial charge in [0.25, 0.3) is 0 Å². The molecule has 1 aliphatic rings. The number of amides is 1. The maximum absolute atomic E-state index is 11.5. The van der Waals surface area contributed by atoms with E-state index >= 15 is 0 Å². The molecule has 1 heterocycles. The van der Waals surface area contributed by atoms with Crippen molar-refractivity contribution < 1.29 is 25.0 Å². The van der Waals surface area contributed by atoms with Crippen LogP contribution in [0.1, 0.15) is 71.3 Å². The number of ketones is 1. The number of aryl methyl sites for hydroxylation is 4. The second-order valence-electron chi connectivity index (χ2n) is 7.51. The number of hydrogen-bond donors (Lipinski definition) is 4. The van der Waals surface area contributed by atoms with E-state index in [-0.39, 0.29) is 37.4 Å². The Balaban J connectivity index is 0. The zero-order valence-corrected chi connectivity index (χ0v) is 19.6. The standard InChI is InChI=1S/C12H14N2O.C12H14O3.CH4.H4N2.H2O/c1-8-3-4-10(7-9(8)2)11-5-6-12(15)14-13-11;1-8-3-4-10(7-9(8)2)11(13)5-6-12(14)15;;1-2;/h2*3-4,7H,5-6H2,1-2H3,(H,14,15);1H4;1-2H2;1H2. The van der Waals surface area contributed by atoms with Gasteiger partial charge < -0.3 is 10.6 Å². The molecule has 0 fully saturated rings. The number of rotatable bonds is 5. The number of nitrogens with two attached hydrogens (primary N) is 2. The molecule has 9 nitrogen and oxygen atoms in total. The predicted molar refractivity (Wildman–Crippen MR) is 136 cm³/mol. The smallest absolute Gasteiger partial charge is 0.303 e. The number of aliphatic carboxylic acids is 1. The first-order valence-corrected chi connectivity index (χ1v) is 10.3. The molecule has 188 valence electrons. The van der Waals surface area contributed by atoms with Gasteiger partial charge in [-0.05, 0) is 67.6 Å². The fourth-order valence-electron chi connectivity index (χ4n) is 2.88. The lowest BCUT2D eigenvalue weighted by atomic mass is 10.00. The van der Waals surface area contributed by atoms with Crippen LogP contribution in [0, 0.1) is 27.7 Å². The summed E-state index contributed by atoms with van der Waals surface area (Å²) >= 11 is 0. The van der Waals surface area contributed by atoms with Crippen LogP contribution >= 0.6 is 0 Å². The molecule has 8 N–H and O–H groups in total. The molecule has 0 saturated heterocycles. The Morgan fingerprint density at radius 1 is 0.912 bits per heavy atom. The van der Waals surface area contributed by atoms with Gasteiger partial charge in [-0.3, -0.25) is 26.1 Å². The van der Waals surface area contributed by atoms with Crippen LogP contribution in [0.2, 0.25) is 0 Å². The van der Waals surface area contributed by atoms with Gasteiger partial charge in [-0.1, -0.05) is 31.7 Å². The highest BCUT2D eigenvalue weighted by atomic mass is 16.4. The first-order valence-electron chi connectivity index (χ1n) is 10.3. The number of carboxylic acids is 1. The number of carbonyl (C=O) groups is 3. The summed E-state index contributed by atoms with van der Waals surface area (Å²) in [6.45, 7) is 8.08. The van der Waals surface area contributed by atoms with E-state index in [1.807, 2.05) is 19.9 Å². The number of Topliss-reactive ketones (excluding diaryl/α,β-unsaturated/α-hetero) is 1. The van der Waals surface area contributed by atoms with Crippen molar-refractivity contribution in [1.29, 1.82) is 0 Å². The molecule has 0 radical (unpaired) electrons. The number of benzene rings is 2. The number of nitrogens with zero attached hydrogens (tertiary/aromatic N) is 1. The largest absolute Gasteiger partial charge is 0.481 e. The summed E-state index contributed by atoms with van der Waals surface area (Å²) in [5, 5.41) is 12.5. The molecule has 1 aliphatic heterocycles. The van der Waals surface area contributed by atoms with Crippen molar-refractivity contribution in [3.05, 3.63) is 69.8 Å². The number of hydrazone groups is 1. The summed E-state index contributed by atoms with van der Waals surface area (Å²) in [4.78, 5) is 32.8. The number of hydrogen-bond acceptors (Lipinski definition) is 6. The van der Waals surface area contributed by atoms with Crippen LogP contribution in [-0.2, 0) is 9.59 Å². The first kappa shape index (κ1) is 32.8. The summed E-state index contributed by atoms with van der Waals surface area (Å²) in [5.74, 6) is 6.95. The minimum absolute atomic E-state index is 0. The third kappa shape index (κ3) is 10.5. The highest BCUT2D eigenvalue weighted by Crippen LogP contribution is 2.15. The highest BCUT2D eigenvalue weighted by Gasteiger charge is 2.13. The fraction of sp³-hybridized carbons (Fsp3) is 0.360. The molecule has 0 aliphatic carbocycles. The normalized spacial score (nSPS) is 11.6. The third-order valence-corrected chi connectivity index (χ3v) is 5.14. The molecule has 9 heteroatoms. The monoisotopic (exact) mass is 474 g/mol. The molecular formula is C25H38N4O5. The van der Waals surface area contributed by atoms with E-state index in [1.54, 1.807) is 12.1 Å². The lowest BCUT2D eigenvalue weighted by Crippen LogP contribution is -2.25. The highest BCUT2D eigenvalue weighted by molar-refractivity contribution is 6.04. The Bertz CT molecular complexity index is 1000. The van der Waals surface area contributed by atoms with Crippen molar-refractivity contribution in [2.45, 2.75) is 60.8 Å². The number of hydrazine groups is 1. The van der Waals surface area contributed by atoms with Gasteiger partial charge in [0.15, 0.2) is 5.78 Å². The average molecular weight is 475 g/mol. The minimum atomic E-state index is -0.938.